The van der Waals surface area contributed by atoms with Gasteiger partial charge in [0.15, 0.2) is 0 Å². The van der Waals surface area contributed by atoms with Crippen molar-refractivity contribution in [1.29, 1.82) is 0 Å². The maximum absolute atomic E-state index is 12.0. The van der Waals surface area contributed by atoms with Gasteiger partial charge in [0.1, 0.15) is 5.82 Å². The number of hydrogen-bond acceptors (Lipinski definition) is 4. The Labute approximate surface area is 99.1 Å². The minimum Gasteiger partial charge on any atom is -0.312 e. The van der Waals surface area contributed by atoms with E-state index in [2.05, 4.69) is 26.1 Å². The first-order valence-electron chi connectivity index (χ1n) is 4.24. The van der Waals surface area contributed by atoms with Crippen molar-refractivity contribution in [2.75, 3.05) is 0 Å². The molecule has 0 spiro atoms. The van der Waals surface area contributed by atoms with Crippen LogP contribution < -0.4 is 0 Å². The zero-order valence-corrected chi connectivity index (χ0v) is 10.6. The SMILES string of the molecule is Cc1nnc(C(=O)c2cc(Br)cs2)n1C. The van der Waals surface area contributed by atoms with E-state index in [1.165, 1.54) is 11.3 Å². The average Bonchev–Trinajstić information content (AvgIpc) is 2.75. The molecule has 0 radical (unpaired) electrons. The summed E-state index contributed by atoms with van der Waals surface area (Å²) in [5.74, 6) is 1.02. The molecule has 15 heavy (non-hydrogen) atoms. The first-order valence-corrected chi connectivity index (χ1v) is 5.91. The van der Waals surface area contributed by atoms with Gasteiger partial charge in [-0.15, -0.1) is 21.5 Å². The van der Waals surface area contributed by atoms with Crippen molar-refractivity contribution in [3.63, 3.8) is 0 Å². The Morgan fingerprint density at radius 3 is 2.73 bits per heavy atom. The fourth-order valence-electron chi connectivity index (χ4n) is 1.15. The van der Waals surface area contributed by atoms with Crippen LogP contribution in [0.25, 0.3) is 0 Å². The highest BCUT2D eigenvalue weighted by Gasteiger charge is 2.17. The summed E-state index contributed by atoms with van der Waals surface area (Å²) in [5, 5.41) is 9.58. The third-order valence-corrected chi connectivity index (χ3v) is 3.78. The molecule has 0 fully saturated rings. The standard InChI is InChI=1S/C9H8BrN3OS/c1-5-11-12-9(13(5)2)8(14)7-3-6(10)4-15-7/h3-4H,1-2H3. The molecule has 78 valence electrons. The third kappa shape index (κ3) is 1.87. The molecule has 4 nitrogen and oxygen atoms in total. The summed E-state index contributed by atoms with van der Waals surface area (Å²) in [6.07, 6.45) is 0. The van der Waals surface area contributed by atoms with Crippen LogP contribution in [0.15, 0.2) is 15.9 Å². The Bertz CT molecular complexity index is 517. The molecule has 0 bridgehead atoms. The number of nitrogens with zero attached hydrogens (tertiary/aromatic N) is 3. The number of ketones is 1. The number of hydrogen-bond donors (Lipinski definition) is 0. The lowest BCUT2D eigenvalue weighted by molar-refractivity contribution is 0.102. The lowest BCUT2D eigenvalue weighted by atomic mass is 10.3. The normalized spacial score (nSPS) is 10.6. The molecule has 0 N–H and O–H groups in total. The summed E-state index contributed by atoms with van der Waals surface area (Å²) < 4.78 is 2.60. The van der Waals surface area contributed by atoms with Crippen molar-refractivity contribution in [2.24, 2.45) is 7.05 Å². The van der Waals surface area contributed by atoms with Gasteiger partial charge in [-0.1, -0.05) is 0 Å². The summed E-state index contributed by atoms with van der Waals surface area (Å²) in [4.78, 5) is 12.6. The van der Waals surface area contributed by atoms with E-state index >= 15 is 0 Å². The Hall–Kier alpha value is -1.01. The second-order valence-corrected chi connectivity index (χ2v) is 4.92. The summed E-state index contributed by atoms with van der Waals surface area (Å²) in [6, 6.07) is 1.79. The predicted octanol–water partition coefficient (Wildman–Crippen LogP) is 2.18. The second kappa shape index (κ2) is 3.86. The van der Waals surface area contributed by atoms with Crippen molar-refractivity contribution in [2.45, 2.75) is 6.92 Å². The highest BCUT2D eigenvalue weighted by atomic mass is 79.9. The van der Waals surface area contributed by atoms with Crippen LogP contribution in [-0.2, 0) is 7.05 Å². The molecule has 2 aromatic rings. The zero-order chi connectivity index (χ0) is 11.0. The number of carbonyl (C=O) groups is 1. The Balaban J connectivity index is 2.41. The first-order chi connectivity index (χ1) is 7.09. The molecule has 2 heterocycles. The minimum atomic E-state index is -0.0891. The maximum Gasteiger partial charge on any atom is 0.240 e. The van der Waals surface area contributed by atoms with Gasteiger partial charge in [0.05, 0.1) is 4.88 Å². The average molecular weight is 286 g/mol. The van der Waals surface area contributed by atoms with Gasteiger partial charge in [-0.05, 0) is 28.9 Å². The van der Waals surface area contributed by atoms with Gasteiger partial charge < -0.3 is 4.57 Å². The van der Waals surface area contributed by atoms with Crippen LogP contribution in [0.3, 0.4) is 0 Å². The highest BCUT2D eigenvalue weighted by molar-refractivity contribution is 9.10. The van der Waals surface area contributed by atoms with Crippen LogP contribution in [0.1, 0.15) is 21.3 Å². The van der Waals surface area contributed by atoms with Gasteiger partial charge >= 0.3 is 0 Å². The molecule has 2 aromatic heterocycles. The fourth-order valence-corrected chi connectivity index (χ4v) is 2.51. The quantitative estimate of drug-likeness (QED) is 0.795. The minimum absolute atomic E-state index is 0.0891. The first kappa shape index (κ1) is 10.5. The van der Waals surface area contributed by atoms with E-state index < -0.39 is 0 Å². The number of carbonyl (C=O) groups excluding carboxylic acids is 1. The van der Waals surface area contributed by atoms with E-state index in [-0.39, 0.29) is 5.78 Å². The lowest BCUT2D eigenvalue weighted by Crippen LogP contribution is -2.08. The van der Waals surface area contributed by atoms with Crippen molar-refractivity contribution in [1.82, 2.24) is 14.8 Å². The highest BCUT2D eigenvalue weighted by Crippen LogP contribution is 2.21. The molecule has 0 aliphatic carbocycles. The van der Waals surface area contributed by atoms with Crippen LogP contribution in [0, 0.1) is 6.92 Å². The molecule has 0 saturated heterocycles. The van der Waals surface area contributed by atoms with Gasteiger partial charge in [-0.2, -0.15) is 0 Å². The van der Waals surface area contributed by atoms with E-state index in [1.54, 1.807) is 17.7 Å². The molecule has 0 amide bonds. The Kier molecular flexibility index (Phi) is 2.70. The number of halogens is 1. The van der Waals surface area contributed by atoms with Gasteiger partial charge in [-0.25, -0.2) is 0 Å². The number of rotatable bonds is 2. The van der Waals surface area contributed by atoms with Crippen LogP contribution in [-0.4, -0.2) is 20.5 Å². The maximum atomic E-state index is 12.0. The molecule has 0 saturated carbocycles. The summed E-state index contributed by atoms with van der Waals surface area (Å²) in [6.45, 7) is 1.81. The van der Waals surface area contributed by atoms with Crippen molar-refractivity contribution >= 4 is 33.0 Å². The number of aromatic nitrogens is 3. The predicted molar refractivity (Wildman–Crippen MR) is 61.2 cm³/mol. The molecule has 0 aliphatic heterocycles. The molecular weight excluding hydrogens is 278 g/mol. The second-order valence-electron chi connectivity index (χ2n) is 3.09. The third-order valence-electron chi connectivity index (χ3n) is 2.09. The topological polar surface area (TPSA) is 47.8 Å². The van der Waals surface area contributed by atoms with Crippen molar-refractivity contribution < 1.29 is 4.79 Å². The van der Waals surface area contributed by atoms with E-state index in [4.69, 9.17) is 0 Å². The molecule has 2 rings (SSSR count). The van der Waals surface area contributed by atoms with Gasteiger partial charge in [0, 0.05) is 16.9 Å². The van der Waals surface area contributed by atoms with Gasteiger partial charge in [0.2, 0.25) is 11.6 Å². The van der Waals surface area contributed by atoms with Crippen LogP contribution >= 0.6 is 27.3 Å². The molecular formula is C9H8BrN3OS. The van der Waals surface area contributed by atoms with Crippen LogP contribution in [0.4, 0.5) is 0 Å². The molecule has 0 aromatic carbocycles. The number of aryl methyl sites for hydroxylation is 1. The zero-order valence-electron chi connectivity index (χ0n) is 8.19. The van der Waals surface area contributed by atoms with E-state index in [1.807, 2.05) is 12.3 Å². The van der Waals surface area contributed by atoms with Crippen LogP contribution in [0.5, 0.6) is 0 Å². The molecule has 0 unspecified atom stereocenters. The number of thiophene rings is 1. The summed E-state index contributed by atoms with van der Waals surface area (Å²) in [5.41, 5.74) is 0. The summed E-state index contributed by atoms with van der Waals surface area (Å²) in [7, 11) is 1.78. The molecule has 6 heteroatoms. The van der Waals surface area contributed by atoms with E-state index in [0.717, 1.165) is 10.3 Å². The van der Waals surface area contributed by atoms with Gasteiger partial charge in [0.25, 0.3) is 0 Å². The molecule has 0 atom stereocenters. The van der Waals surface area contributed by atoms with E-state index in [9.17, 15) is 4.79 Å². The van der Waals surface area contributed by atoms with Crippen molar-refractivity contribution in [3.05, 3.63) is 32.4 Å². The fraction of sp³-hybridized carbons (Fsp3) is 0.222. The summed E-state index contributed by atoms with van der Waals surface area (Å²) >= 11 is 4.70. The van der Waals surface area contributed by atoms with E-state index in [0.29, 0.717) is 10.7 Å². The monoisotopic (exact) mass is 285 g/mol. The Morgan fingerprint density at radius 2 is 2.27 bits per heavy atom. The van der Waals surface area contributed by atoms with Gasteiger partial charge in [-0.3, -0.25) is 4.79 Å². The van der Waals surface area contributed by atoms with Crippen molar-refractivity contribution in [3.8, 4) is 0 Å². The Morgan fingerprint density at radius 1 is 1.53 bits per heavy atom. The lowest BCUT2D eigenvalue weighted by Gasteiger charge is -1.97. The largest absolute Gasteiger partial charge is 0.312 e. The molecule has 0 aliphatic rings. The van der Waals surface area contributed by atoms with Crippen LogP contribution in [0.2, 0.25) is 0 Å². The smallest absolute Gasteiger partial charge is 0.240 e.